The second-order valence-corrected chi connectivity index (χ2v) is 6.10. The summed E-state index contributed by atoms with van der Waals surface area (Å²) in [7, 11) is 0. The van der Waals surface area contributed by atoms with E-state index in [-0.39, 0.29) is 5.82 Å². The number of hydrogen-bond donors (Lipinski definition) is 1. The van der Waals surface area contributed by atoms with Crippen LogP contribution in [-0.2, 0) is 11.8 Å². The van der Waals surface area contributed by atoms with E-state index in [1.807, 2.05) is 32.0 Å². The Hall–Kier alpha value is -1.87. The minimum Gasteiger partial charge on any atom is -0.493 e. The molecule has 0 saturated heterocycles. The van der Waals surface area contributed by atoms with Gasteiger partial charge in [-0.1, -0.05) is 32.0 Å². The van der Waals surface area contributed by atoms with E-state index in [1.165, 1.54) is 12.1 Å². The number of hydrogen-bond acceptors (Lipinski definition) is 2. The van der Waals surface area contributed by atoms with Crippen molar-refractivity contribution in [3.63, 3.8) is 0 Å². The van der Waals surface area contributed by atoms with Crippen molar-refractivity contribution in [2.45, 2.75) is 31.8 Å². The van der Waals surface area contributed by atoms with Crippen molar-refractivity contribution in [1.29, 1.82) is 0 Å². The van der Waals surface area contributed by atoms with Crippen LogP contribution in [0.1, 0.15) is 36.6 Å². The highest BCUT2D eigenvalue weighted by molar-refractivity contribution is 5.42. The topological polar surface area (TPSA) is 29.5 Å². The molecular weight excluding hydrogens is 267 g/mol. The lowest BCUT2D eigenvalue weighted by molar-refractivity contribution is 0.100. The fourth-order valence-electron chi connectivity index (χ4n) is 2.83. The molecule has 1 aliphatic heterocycles. The van der Waals surface area contributed by atoms with Gasteiger partial charge in [-0.2, -0.15) is 0 Å². The summed E-state index contributed by atoms with van der Waals surface area (Å²) in [5.41, 5.74) is 2.42. The maximum absolute atomic E-state index is 13.1. The lowest BCUT2D eigenvalue weighted by Gasteiger charge is -2.31. The van der Waals surface area contributed by atoms with Crippen molar-refractivity contribution < 1.29 is 14.2 Å². The second-order valence-electron chi connectivity index (χ2n) is 6.10. The molecule has 2 aromatic carbocycles. The highest BCUT2D eigenvalue weighted by Crippen LogP contribution is 2.38. The lowest BCUT2D eigenvalue weighted by Crippen LogP contribution is -2.26. The van der Waals surface area contributed by atoms with Gasteiger partial charge in [0.1, 0.15) is 11.6 Å². The van der Waals surface area contributed by atoms with Crippen LogP contribution < -0.4 is 4.74 Å². The number of halogens is 1. The molecule has 1 atom stereocenters. The van der Waals surface area contributed by atoms with E-state index in [1.54, 1.807) is 12.1 Å². The predicted octanol–water partition coefficient (Wildman–Crippen LogP) is 3.77. The van der Waals surface area contributed by atoms with Crippen LogP contribution in [0, 0.1) is 5.82 Å². The Morgan fingerprint density at radius 1 is 1.14 bits per heavy atom. The van der Waals surface area contributed by atoms with Crippen molar-refractivity contribution in [3.05, 3.63) is 65.0 Å². The predicted molar refractivity (Wildman–Crippen MR) is 80.0 cm³/mol. The summed E-state index contributed by atoms with van der Waals surface area (Å²) in [5.74, 6) is 0.643. The molecular formula is C18H19FO2. The lowest BCUT2D eigenvalue weighted by atomic mass is 9.76. The van der Waals surface area contributed by atoms with Crippen LogP contribution in [0.2, 0.25) is 0 Å². The van der Waals surface area contributed by atoms with E-state index in [0.29, 0.717) is 6.61 Å². The molecule has 0 saturated carbocycles. The molecule has 2 nitrogen and oxygen atoms in total. The average Bonchev–Trinajstić information content (AvgIpc) is 2.94. The van der Waals surface area contributed by atoms with Crippen molar-refractivity contribution in [1.82, 2.24) is 0 Å². The molecule has 0 spiro atoms. The Morgan fingerprint density at radius 2 is 1.86 bits per heavy atom. The number of ether oxygens (including phenoxy) is 1. The number of benzene rings is 2. The van der Waals surface area contributed by atoms with Crippen molar-refractivity contribution in [2.24, 2.45) is 0 Å². The van der Waals surface area contributed by atoms with E-state index in [9.17, 15) is 9.50 Å². The van der Waals surface area contributed by atoms with Gasteiger partial charge >= 0.3 is 0 Å². The molecule has 21 heavy (non-hydrogen) atoms. The van der Waals surface area contributed by atoms with Crippen LogP contribution in [0.15, 0.2) is 42.5 Å². The highest BCUT2D eigenvalue weighted by atomic mass is 19.1. The summed E-state index contributed by atoms with van der Waals surface area (Å²) in [6.07, 6.45) is 0.223. The SMILES string of the molecule is CC(C)(c1ccc(F)cc1)C(O)c1ccc2c(c1)CCO2. The molecule has 0 aliphatic carbocycles. The molecule has 1 aliphatic rings. The fourth-order valence-corrected chi connectivity index (χ4v) is 2.83. The first-order chi connectivity index (χ1) is 9.98. The van der Waals surface area contributed by atoms with Crippen molar-refractivity contribution in [3.8, 4) is 5.75 Å². The molecule has 1 heterocycles. The van der Waals surface area contributed by atoms with Crippen LogP contribution in [0.3, 0.4) is 0 Å². The molecule has 0 amide bonds. The second kappa shape index (κ2) is 5.15. The molecule has 2 aromatic rings. The van der Waals surface area contributed by atoms with E-state index >= 15 is 0 Å². The van der Waals surface area contributed by atoms with Gasteiger partial charge in [0.2, 0.25) is 0 Å². The largest absolute Gasteiger partial charge is 0.493 e. The summed E-state index contributed by atoms with van der Waals surface area (Å²) in [5, 5.41) is 10.8. The van der Waals surface area contributed by atoms with E-state index in [2.05, 4.69) is 0 Å². The van der Waals surface area contributed by atoms with Crippen LogP contribution in [0.5, 0.6) is 5.75 Å². The Labute approximate surface area is 124 Å². The van der Waals surface area contributed by atoms with Gasteiger partial charge < -0.3 is 9.84 Å². The van der Waals surface area contributed by atoms with Crippen molar-refractivity contribution >= 4 is 0 Å². The third-order valence-electron chi connectivity index (χ3n) is 4.30. The first kappa shape index (κ1) is 14.1. The maximum atomic E-state index is 13.1. The average molecular weight is 286 g/mol. The van der Waals surface area contributed by atoms with Gasteiger partial charge in [-0.05, 0) is 41.0 Å². The summed E-state index contributed by atoms with van der Waals surface area (Å²) in [6.45, 7) is 4.64. The van der Waals surface area contributed by atoms with Gasteiger partial charge in [-0.3, -0.25) is 0 Å². The van der Waals surface area contributed by atoms with Gasteiger partial charge in [0.05, 0.1) is 12.7 Å². The zero-order valence-corrected chi connectivity index (χ0v) is 12.3. The number of aliphatic hydroxyl groups is 1. The van der Waals surface area contributed by atoms with Crippen LogP contribution in [0.4, 0.5) is 4.39 Å². The zero-order valence-electron chi connectivity index (χ0n) is 12.3. The third-order valence-corrected chi connectivity index (χ3v) is 4.30. The van der Waals surface area contributed by atoms with Gasteiger partial charge in [0, 0.05) is 11.8 Å². The van der Waals surface area contributed by atoms with Crippen LogP contribution in [0.25, 0.3) is 0 Å². The third kappa shape index (κ3) is 2.54. The smallest absolute Gasteiger partial charge is 0.123 e. The van der Waals surface area contributed by atoms with Gasteiger partial charge in [0.25, 0.3) is 0 Å². The first-order valence-corrected chi connectivity index (χ1v) is 7.18. The molecule has 1 unspecified atom stereocenters. The van der Waals surface area contributed by atoms with Crippen molar-refractivity contribution in [2.75, 3.05) is 6.61 Å². The van der Waals surface area contributed by atoms with Gasteiger partial charge in [0.15, 0.2) is 0 Å². The molecule has 1 N–H and O–H groups in total. The minimum atomic E-state index is -0.658. The normalized spacial score (nSPS) is 15.4. The van der Waals surface area contributed by atoms with E-state index in [4.69, 9.17) is 4.74 Å². The molecule has 3 heteroatoms. The zero-order chi connectivity index (χ0) is 15.0. The summed E-state index contributed by atoms with van der Waals surface area (Å²) in [4.78, 5) is 0. The fraction of sp³-hybridized carbons (Fsp3) is 0.333. The summed E-state index contributed by atoms with van der Waals surface area (Å²) >= 11 is 0. The molecule has 0 bridgehead atoms. The Balaban J connectivity index is 1.92. The summed E-state index contributed by atoms with van der Waals surface area (Å²) < 4.78 is 18.6. The monoisotopic (exact) mass is 286 g/mol. The Bertz CT molecular complexity index is 647. The van der Waals surface area contributed by atoms with E-state index < -0.39 is 11.5 Å². The first-order valence-electron chi connectivity index (χ1n) is 7.18. The molecule has 0 radical (unpaired) electrons. The molecule has 0 fully saturated rings. The Kier molecular flexibility index (Phi) is 3.46. The van der Waals surface area contributed by atoms with Crippen LogP contribution in [-0.4, -0.2) is 11.7 Å². The Morgan fingerprint density at radius 3 is 2.57 bits per heavy atom. The number of fused-ring (bicyclic) bond motifs is 1. The van der Waals surface area contributed by atoms with Crippen LogP contribution >= 0.6 is 0 Å². The van der Waals surface area contributed by atoms with Gasteiger partial charge in [-0.15, -0.1) is 0 Å². The molecule has 0 aromatic heterocycles. The maximum Gasteiger partial charge on any atom is 0.123 e. The van der Waals surface area contributed by atoms with E-state index in [0.717, 1.165) is 28.9 Å². The minimum absolute atomic E-state index is 0.265. The molecule has 3 rings (SSSR count). The summed E-state index contributed by atoms with van der Waals surface area (Å²) in [6, 6.07) is 12.2. The highest BCUT2D eigenvalue weighted by Gasteiger charge is 2.31. The molecule has 110 valence electrons. The quantitative estimate of drug-likeness (QED) is 0.930. The standard InChI is InChI=1S/C18H19FO2/c1-18(2,14-4-6-15(19)7-5-14)17(20)13-3-8-16-12(11-13)9-10-21-16/h3-8,11,17,20H,9-10H2,1-2H3. The number of aliphatic hydroxyl groups excluding tert-OH is 1. The van der Waals surface area contributed by atoms with Gasteiger partial charge in [-0.25, -0.2) is 4.39 Å². The number of rotatable bonds is 3.